The predicted octanol–water partition coefficient (Wildman–Crippen LogP) is 0.973. The monoisotopic (exact) mass is 114 g/mol. The minimum atomic E-state index is -0.913. The van der Waals surface area contributed by atoms with Crippen LogP contribution < -0.4 is 0 Å². The largest absolute Gasteiger partial charge is 0.509 e. The third-order valence-electron chi connectivity index (χ3n) is 1.52. The van der Waals surface area contributed by atoms with Gasteiger partial charge in [-0.05, 0) is 19.4 Å². The van der Waals surface area contributed by atoms with Gasteiger partial charge in [0.25, 0.3) is 0 Å². The van der Waals surface area contributed by atoms with Crippen LogP contribution in [0.5, 0.6) is 0 Å². The first kappa shape index (κ1) is 5.63. The molecule has 0 aromatic carbocycles. The van der Waals surface area contributed by atoms with Gasteiger partial charge in [-0.2, -0.15) is 0 Å². The molecule has 0 radical (unpaired) electrons. The Balaban J connectivity index is 2.80. The zero-order valence-electron chi connectivity index (χ0n) is 5.10. The van der Waals surface area contributed by atoms with Crippen LogP contribution in [-0.4, -0.2) is 15.8 Å². The summed E-state index contributed by atoms with van der Waals surface area (Å²) in [5.41, 5.74) is -0.0145. The Hall–Kier alpha value is -0.500. The van der Waals surface area contributed by atoms with Crippen molar-refractivity contribution in [3.05, 3.63) is 11.3 Å². The fraction of sp³-hybridized carbons (Fsp3) is 0.667. The molecule has 0 bridgehead atoms. The molecule has 0 fully saturated rings. The van der Waals surface area contributed by atoms with Crippen molar-refractivity contribution in [2.24, 2.45) is 0 Å². The summed E-state index contributed by atoms with van der Waals surface area (Å²) < 4.78 is 0. The van der Waals surface area contributed by atoms with Crippen molar-refractivity contribution in [2.45, 2.75) is 25.9 Å². The van der Waals surface area contributed by atoms with Crippen LogP contribution in [0.3, 0.4) is 0 Å². The Morgan fingerprint density at radius 3 is 2.12 bits per heavy atom. The molecular weight excluding hydrogens is 104 g/mol. The van der Waals surface area contributed by atoms with E-state index in [0.717, 1.165) is 5.57 Å². The second kappa shape index (κ2) is 1.26. The lowest BCUT2D eigenvalue weighted by atomic mass is 9.82. The van der Waals surface area contributed by atoms with Gasteiger partial charge in [0.05, 0.1) is 0 Å². The molecule has 1 aliphatic carbocycles. The van der Waals surface area contributed by atoms with Crippen molar-refractivity contribution in [3.63, 3.8) is 0 Å². The third-order valence-corrected chi connectivity index (χ3v) is 1.52. The Bertz CT molecular complexity index is 145. The molecule has 1 atom stereocenters. The molecule has 2 nitrogen and oxygen atoms in total. The van der Waals surface area contributed by atoms with Gasteiger partial charge in [-0.15, -0.1) is 0 Å². The Morgan fingerprint density at radius 2 is 2.12 bits per heavy atom. The van der Waals surface area contributed by atoms with Gasteiger partial charge in [-0.25, -0.2) is 0 Å². The first-order chi connectivity index (χ1) is 3.54. The van der Waals surface area contributed by atoms with E-state index in [2.05, 4.69) is 0 Å². The second-order valence-electron chi connectivity index (χ2n) is 2.58. The summed E-state index contributed by atoms with van der Waals surface area (Å²) in [4.78, 5) is 0. The van der Waals surface area contributed by atoms with Crippen molar-refractivity contribution in [1.29, 1.82) is 0 Å². The van der Waals surface area contributed by atoms with E-state index in [1.807, 2.05) is 6.92 Å². The lowest BCUT2D eigenvalue weighted by Crippen LogP contribution is -2.36. The van der Waals surface area contributed by atoms with E-state index in [-0.39, 0.29) is 5.76 Å². The molecule has 0 aromatic heterocycles. The van der Waals surface area contributed by atoms with E-state index in [9.17, 15) is 0 Å². The number of aliphatic hydroxyl groups excluding tert-OH is 1. The predicted molar refractivity (Wildman–Crippen MR) is 30.6 cm³/mol. The van der Waals surface area contributed by atoms with Gasteiger partial charge in [0.15, 0.2) is 0 Å². The fourth-order valence-electron chi connectivity index (χ4n) is 1.04. The number of rotatable bonds is 0. The Labute approximate surface area is 48.5 Å². The molecule has 0 aromatic rings. The average Bonchev–Trinajstić information content (AvgIpc) is 1.65. The quantitative estimate of drug-likeness (QED) is 0.492. The van der Waals surface area contributed by atoms with Gasteiger partial charge in [-0.1, -0.05) is 0 Å². The summed E-state index contributed by atoms with van der Waals surface area (Å²) >= 11 is 0. The normalized spacial score (nSPS) is 37.4. The average molecular weight is 114 g/mol. The van der Waals surface area contributed by atoms with Crippen molar-refractivity contribution in [3.8, 4) is 0 Å². The maximum atomic E-state index is 9.04. The number of hydrogen-bond donors (Lipinski definition) is 2. The summed E-state index contributed by atoms with van der Waals surface area (Å²) in [7, 11) is 0. The molecule has 46 valence electrons. The molecule has 0 aliphatic heterocycles. The van der Waals surface area contributed by atoms with E-state index in [1.165, 1.54) is 0 Å². The van der Waals surface area contributed by atoms with Gasteiger partial charge in [0.1, 0.15) is 11.4 Å². The molecule has 8 heavy (non-hydrogen) atoms. The molecule has 2 N–H and O–H groups in total. The first-order valence-electron chi connectivity index (χ1n) is 2.65. The van der Waals surface area contributed by atoms with Crippen LogP contribution >= 0.6 is 0 Å². The summed E-state index contributed by atoms with van der Waals surface area (Å²) in [6.07, 6.45) is 0.610. The van der Waals surface area contributed by atoms with Gasteiger partial charge in [0, 0.05) is 6.42 Å². The second-order valence-corrected chi connectivity index (χ2v) is 2.58. The van der Waals surface area contributed by atoms with E-state index in [4.69, 9.17) is 10.2 Å². The molecule has 0 heterocycles. The highest BCUT2D eigenvalue weighted by Crippen LogP contribution is 2.35. The van der Waals surface area contributed by atoms with Crippen molar-refractivity contribution in [2.75, 3.05) is 0 Å². The van der Waals surface area contributed by atoms with Crippen LogP contribution in [0.15, 0.2) is 11.3 Å². The number of aliphatic hydroxyl groups is 2. The molecule has 1 unspecified atom stereocenters. The zero-order chi connectivity index (χ0) is 6.36. The van der Waals surface area contributed by atoms with Crippen LogP contribution in [0.25, 0.3) is 0 Å². The minimum absolute atomic E-state index is 0.150. The molecule has 0 amide bonds. The highest BCUT2D eigenvalue weighted by atomic mass is 16.3. The van der Waals surface area contributed by atoms with Gasteiger partial charge in [0.2, 0.25) is 0 Å². The third kappa shape index (κ3) is 0.530. The Morgan fingerprint density at radius 1 is 1.62 bits per heavy atom. The molecule has 0 saturated heterocycles. The molecule has 0 spiro atoms. The van der Waals surface area contributed by atoms with Gasteiger partial charge in [-0.3, -0.25) is 0 Å². The molecule has 1 aliphatic rings. The van der Waals surface area contributed by atoms with Gasteiger partial charge < -0.3 is 10.2 Å². The summed E-state index contributed by atoms with van der Waals surface area (Å²) in [6.45, 7) is 3.42. The van der Waals surface area contributed by atoms with E-state index >= 15 is 0 Å². The SMILES string of the molecule is CC1=C(O)C(C)(O)C1. The maximum Gasteiger partial charge on any atom is 0.123 e. The molecule has 1 rings (SSSR count). The topological polar surface area (TPSA) is 40.5 Å². The lowest BCUT2D eigenvalue weighted by molar-refractivity contribution is 0.0231. The van der Waals surface area contributed by atoms with Crippen molar-refractivity contribution >= 4 is 0 Å². The fourth-order valence-corrected chi connectivity index (χ4v) is 1.04. The van der Waals surface area contributed by atoms with Crippen LogP contribution in [0.1, 0.15) is 20.3 Å². The van der Waals surface area contributed by atoms with E-state index < -0.39 is 5.60 Å². The maximum absolute atomic E-state index is 9.04. The van der Waals surface area contributed by atoms with Crippen LogP contribution in [-0.2, 0) is 0 Å². The highest BCUT2D eigenvalue weighted by Gasteiger charge is 2.36. The summed E-state index contributed by atoms with van der Waals surface area (Å²) in [5.74, 6) is 0.150. The zero-order valence-corrected chi connectivity index (χ0v) is 5.10. The standard InChI is InChI=1S/C6H10O2/c1-4-3-6(2,8)5(4)7/h7-8H,3H2,1-2H3. The van der Waals surface area contributed by atoms with Crippen LogP contribution in [0.4, 0.5) is 0 Å². The molecule has 0 saturated carbocycles. The Kier molecular flexibility index (Phi) is 0.886. The smallest absolute Gasteiger partial charge is 0.123 e. The summed E-state index contributed by atoms with van der Waals surface area (Å²) in [6, 6.07) is 0. The first-order valence-corrected chi connectivity index (χ1v) is 2.65. The van der Waals surface area contributed by atoms with Crippen molar-refractivity contribution in [1.82, 2.24) is 0 Å². The number of hydrogen-bond acceptors (Lipinski definition) is 2. The van der Waals surface area contributed by atoms with E-state index in [0.29, 0.717) is 6.42 Å². The molecular formula is C6H10O2. The van der Waals surface area contributed by atoms with E-state index in [1.54, 1.807) is 6.92 Å². The van der Waals surface area contributed by atoms with Gasteiger partial charge >= 0.3 is 0 Å². The highest BCUT2D eigenvalue weighted by molar-refractivity contribution is 5.28. The van der Waals surface area contributed by atoms with Crippen LogP contribution in [0, 0.1) is 0 Å². The molecule has 2 heteroatoms. The summed E-state index contributed by atoms with van der Waals surface area (Å²) in [5, 5.41) is 17.9. The van der Waals surface area contributed by atoms with Crippen LogP contribution in [0.2, 0.25) is 0 Å². The van der Waals surface area contributed by atoms with Crippen molar-refractivity contribution < 1.29 is 10.2 Å². The lowest BCUT2D eigenvalue weighted by Gasteiger charge is -2.33. The minimum Gasteiger partial charge on any atom is -0.509 e.